The Bertz CT molecular complexity index is 327. The van der Waals surface area contributed by atoms with Gasteiger partial charge >= 0.3 is 5.97 Å². The van der Waals surface area contributed by atoms with Crippen LogP contribution in [0.5, 0.6) is 0 Å². The molecular weight excluding hydrogens is 250 g/mol. The van der Waals surface area contributed by atoms with Crippen molar-refractivity contribution >= 4 is 11.9 Å². The van der Waals surface area contributed by atoms with Crippen LogP contribution in [0, 0.1) is 0 Å². The Kier molecular flexibility index (Phi) is 5.15. The van der Waals surface area contributed by atoms with E-state index in [-0.39, 0.29) is 30.5 Å². The summed E-state index contributed by atoms with van der Waals surface area (Å²) in [6, 6.07) is 0. The van der Waals surface area contributed by atoms with Gasteiger partial charge in [0.15, 0.2) is 0 Å². The SMILES string of the molecule is COC(=O)CC1CN(C(=O)CC2CCCO2)CCO1. The number of carbonyl (C=O) groups excluding carboxylic acids is 2. The lowest BCUT2D eigenvalue weighted by molar-refractivity contribution is -0.150. The van der Waals surface area contributed by atoms with Crippen molar-refractivity contribution in [2.75, 3.05) is 33.4 Å². The lowest BCUT2D eigenvalue weighted by Gasteiger charge is -2.33. The van der Waals surface area contributed by atoms with Crippen molar-refractivity contribution in [3.63, 3.8) is 0 Å². The first-order chi connectivity index (χ1) is 9.19. The molecule has 1 amide bonds. The standard InChI is InChI=1S/C13H21NO5/c1-17-13(16)8-11-9-14(4-6-19-11)12(15)7-10-3-2-5-18-10/h10-11H,2-9H2,1H3. The van der Waals surface area contributed by atoms with Crippen LogP contribution in [-0.4, -0.2) is 62.4 Å². The molecule has 6 nitrogen and oxygen atoms in total. The van der Waals surface area contributed by atoms with Gasteiger partial charge in [0, 0.05) is 19.7 Å². The Labute approximate surface area is 113 Å². The van der Waals surface area contributed by atoms with Crippen molar-refractivity contribution in [1.82, 2.24) is 4.90 Å². The van der Waals surface area contributed by atoms with E-state index in [2.05, 4.69) is 4.74 Å². The van der Waals surface area contributed by atoms with Crippen LogP contribution in [0.3, 0.4) is 0 Å². The van der Waals surface area contributed by atoms with Crippen molar-refractivity contribution in [2.24, 2.45) is 0 Å². The quantitative estimate of drug-likeness (QED) is 0.690. The predicted molar refractivity (Wildman–Crippen MR) is 66.5 cm³/mol. The van der Waals surface area contributed by atoms with E-state index in [0.717, 1.165) is 19.4 Å². The summed E-state index contributed by atoms with van der Waals surface area (Å²) < 4.78 is 15.6. The third-order valence-electron chi connectivity index (χ3n) is 3.54. The minimum atomic E-state index is -0.307. The fourth-order valence-electron chi connectivity index (χ4n) is 2.47. The van der Waals surface area contributed by atoms with Gasteiger partial charge in [0.25, 0.3) is 0 Å². The molecule has 2 aliphatic rings. The van der Waals surface area contributed by atoms with Gasteiger partial charge in [-0.1, -0.05) is 0 Å². The molecule has 0 aromatic rings. The molecule has 2 heterocycles. The number of hydrogen-bond acceptors (Lipinski definition) is 5. The van der Waals surface area contributed by atoms with Gasteiger partial charge in [-0.3, -0.25) is 9.59 Å². The number of morpholine rings is 1. The summed E-state index contributed by atoms with van der Waals surface area (Å²) >= 11 is 0. The minimum absolute atomic E-state index is 0.0643. The normalized spacial score (nSPS) is 27.3. The topological polar surface area (TPSA) is 65.1 Å². The molecule has 2 atom stereocenters. The predicted octanol–water partition coefficient (Wildman–Crippen LogP) is 0.346. The Morgan fingerprint density at radius 3 is 2.68 bits per heavy atom. The van der Waals surface area contributed by atoms with Gasteiger partial charge in [0.05, 0.1) is 38.8 Å². The van der Waals surface area contributed by atoms with Crippen LogP contribution in [0.25, 0.3) is 0 Å². The van der Waals surface area contributed by atoms with Crippen molar-refractivity contribution in [2.45, 2.75) is 37.9 Å². The summed E-state index contributed by atoms with van der Waals surface area (Å²) in [5, 5.41) is 0. The molecule has 0 N–H and O–H groups in total. The molecule has 0 spiro atoms. The molecule has 0 aromatic heterocycles. The monoisotopic (exact) mass is 271 g/mol. The Morgan fingerprint density at radius 2 is 2.00 bits per heavy atom. The second kappa shape index (κ2) is 6.86. The van der Waals surface area contributed by atoms with E-state index in [1.54, 1.807) is 4.90 Å². The van der Waals surface area contributed by atoms with Crippen molar-refractivity contribution < 1.29 is 23.8 Å². The highest BCUT2D eigenvalue weighted by atomic mass is 16.5. The largest absolute Gasteiger partial charge is 0.469 e. The van der Waals surface area contributed by atoms with Crippen LogP contribution < -0.4 is 0 Å². The first-order valence-electron chi connectivity index (χ1n) is 6.77. The highest BCUT2D eigenvalue weighted by Gasteiger charge is 2.28. The maximum atomic E-state index is 12.1. The van der Waals surface area contributed by atoms with E-state index < -0.39 is 0 Å². The van der Waals surface area contributed by atoms with Crippen LogP contribution in [-0.2, 0) is 23.8 Å². The van der Waals surface area contributed by atoms with Gasteiger partial charge in [-0.2, -0.15) is 0 Å². The van der Waals surface area contributed by atoms with E-state index in [4.69, 9.17) is 9.47 Å². The molecule has 0 saturated carbocycles. The number of esters is 1. The Hall–Kier alpha value is -1.14. The molecule has 108 valence electrons. The second-order valence-electron chi connectivity index (χ2n) is 4.95. The molecule has 0 radical (unpaired) electrons. The zero-order valence-electron chi connectivity index (χ0n) is 11.3. The lowest BCUT2D eigenvalue weighted by atomic mass is 10.1. The van der Waals surface area contributed by atoms with Crippen molar-refractivity contribution in [3.8, 4) is 0 Å². The van der Waals surface area contributed by atoms with E-state index in [0.29, 0.717) is 26.1 Å². The molecule has 2 unspecified atom stereocenters. The Balaban J connectivity index is 1.79. The minimum Gasteiger partial charge on any atom is -0.469 e. The summed E-state index contributed by atoms with van der Waals surface area (Å²) in [4.78, 5) is 25.1. The zero-order valence-corrected chi connectivity index (χ0v) is 11.3. The second-order valence-corrected chi connectivity index (χ2v) is 4.95. The molecule has 19 heavy (non-hydrogen) atoms. The van der Waals surface area contributed by atoms with Crippen molar-refractivity contribution in [1.29, 1.82) is 0 Å². The van der Waals surface area contributed by atoms with E-state index in [1.807, 2.05) is 0 Å². The maximum Gasteiger partial charge on any atom is 0.308 e. The smallest absolute Gasteiger partial charge is 0.308 e. The molecule has 2 saturated heterocycles. The number of hydrogen-bond donors (Lipinski definition) is 0. The van der Waals surface area contributed by atoms with Crippen LogP contribution >= 0.6 is 0 Å². The zero-order chi connectivity index (χ0) is 13.7. The third kappa shape index (κ3) is 4.18. The number of nitrogens with zero attached hydrogens (tertiary/aromatic N) is 1. The van der Waals surface area contributed by atoms with Crippen molar-refractivity contribution in [3.05, 3.63) is 0 Å². The van der Waals surface area contributed by atoms with Crippen LogP contribution in [0.2, 0.25) is 0 Å². The molecule has 2 rings (SSSR count). The van der Waals surface area contributed by atoms with Gasteiger partial charge in [0.2, 0.25) is 5.91 Å². The van der Waals surface area contributed by atoms with Gasteiger partial charge < -0.3 is 19.1 Å². The average molecular weight is 271 g/mol. The summed E-state index contributed by atoms with van der Waals surface area (Å²) in [7, 11) is 1.35. The fourth-order valence-corrected chi connectivity index (χ4v) is 2.47. The lowest BCUT2D eigenvalue weighted by Crippen LogP contribution is -2.47. The van der Waals surface area contributed by atoms with E-state index >= 15 is 0 Å². The summed E-state index contributed by atoms with van der Waals surface area (Å²) in [6.07, 6.45) is 2.43. The molecule has 0 bridgehead atoms. The molecule has 2 aliphatic heterocycles. The highest BCUT2D eigenvalue weighted by molar-refractivity contribution is 5.77. The Morgan fingerprint density at radius 1 is 1.21 bits per heavy atom. The first-order valence-corrected chi connectivity index (χ1v) is 6.77. The van der Waals surface area contributed by atoms with Gasteiger partial charge in [-0.25, -0.2) is 0 Å². The van der Waals surface area contributed by atoms with Gasteiger partial charge in [-0.15, -0.1) is 0 Å². The number of ether oxygens (including phenoxy) is 3. The molecule has 0 aromatic carbocycles. The van der Waals surface area contributed by atoms with Crippen LogP contribution in [0.15, 0.2) is 0 Å². The molecule has 2 fully saturated rings. The molecular formula is C13H21NO5. The third-order valence-corrected chi connectivity index (χ3v) is 3.54. The fraction of sp³-hybridized carbons (Fsp3) is 0.846. The number of amides is 1. The van der Waals surface area contributed by atoms with Crippen LogP contribution in [0.1, 0.15) is 25.7 Å². The van der Waals surface area contributed by atoms with Crippen LogP contribution in [0.4, 0.5) is 0 Å². The summed E-state index contributed by atoms with van der Waals surface area (Å²) in [5.41, 5.74) is 0. The summed E-state index contributed by atoms with van der Waals surface area (Å²) in [5.74, 6) is -0.219. The molecule has 0 aliphatic carbocycles. The molecule has 6 heteroatoms. The number of carbonyl (C=O) groups is 2. The first kappa shape index (κ1) is 14.3. The van der Waals surface area contributed by atoms with Gasteiger partial charge in [-0.05, 0) is 12.8 Å². The van der Waals surface area contributed by atoms with E-state index in [9.17, 15) is 9.59 Å². The number of rotatable bonds is 4. The maximum absolute atomic E-state index is 12.1. The summed E-state index contributed by atoms with van der Waals surface area (Å²) in [6.45, 7) is 2.27. The highest BCUT2D eigenvalue weighted by Crippen LogP contribution is 2.18. The van der Waals surface area contributed by atoms with E-state index in [1.165, 1.54) is 7.11 Å². The van der Waals surface area contributed by atoms with Gasteiger partial charge in [0.1, 0.15) is 0 Å². The average Bonchev–Trinajstić information content (AvgIpc) is 2.91. The number of methoxy groups -OCH3 is 1.